The van der Waals surface area contributed by atoms with Gasteiger partial charge in [0.1, 0.15) is 12.2 Å². The van der Waals surface area contributed by atoms with E-state index in [2.05, 4.69) is 33.5 Å². The molecule has 2 aliphatic rings. The van der Waals surface area contributed by atoms with Gasteiger partial charge in [0, 0.05) is 5.66 Å². The first kappa shape index (κ1) is 20.9. The molecular formula is C23H29O5P. The topological polar surface area (TPSA) is 46.2 Å². The minimum atomic E-state index is -0.672. The summed E-state index contributed by atoms with van der Waals surface area (Å²) >= 11 is 0. The molecule has 2 aromatic carbocycles. The van der Waals surface area contributed by atoms with Crippen molar-refractivity contribution in [1.29, 1.82) is 0 Å². The van der Waals surface area contributed by atoms with Crippen molar-refractivity contribution in [2.24, 2.45) is 0 Å². The van der Waals surface area contributed by atoms with Crippen LogP contribution in [0.15, 0.2) is 60.7 Å². The summed E-state index contributed by atoms with van der Waals surface area (Å²) in [4.78, 5) is 0. The Morgan fingerprint density at radius 2 is 1.55 bits per heavy atom. The molecule has 0 bridgehead atoms. The van der Waals surface area contributed by atoms with Crippen LogP contribution in [0.2, 0.25) is 0 Å². The summed E-state index contributed by atoms with van der Waals surface area (Å²) in [6, 6.07) is 20.3. The Morgan fingerprint density at radius 3 is 2.21 bits per heavy atom. The fourth-order valence-corrected chi connectivity index (χ4v) is 4.23. The zero-order valence-electron chi connectivity index (χ0n) is 16.9. The van der Waals surface area contributed by atoms with Crippen molar-refractivity contribution in [2.75, 3.05) is 6.61 Å². The first-order valence-corrected chi connectivity index (χ1v) is 10.7. The van der Waals surface area contributed by atoms with E-state index in [1.165, 1.54) is 0 Å². The number of hydrogen-bond acceptors (Lipinski definition) is 5. The van der Waals surface area contributed by atoms with Crippen LogP contribution < -0.4 is 0 Å². The molecule has 2 fully saturated rings. The van der Waals surface area contributed by atoms with Crippen molar-refractivity contribution in [3.05, 3.63) is 71.8 Å². The lowest BCUT2D eigenvalue weighted by Crippen LogP contribution is -2.42. The van der Waals surface area contributed by atoms with Gasteiger partial charge in [0.2, 0.25) is 0 Å². The molecule has 0 aromatic heterocycles. The Hall–Kier alpha value is -1.33. The zero-order chi connectivity index (χ0) is 20.3. The van der Waals surface area contributed by atoms with Gasteiger partial charge in [-0.05, 0) is 25.0 Å². The molecule has 0 saturated carbocycles. The fourth-order valence-electron chi connectivity index (χ4n) is 3.79. The molecule has 2 heterocycles. The van der Waals surface area contributed by atoms with E-state index in [-0.39, 0.29) is 24.0 Å². The van der Waals surface area contributed by atoms with Crippen LogP contribution >= 0.6 is 9.24 Å². The molecule has 0 amide bonds. The van der Waals surface area contributed by atoms with Crippen LogP contribution in [-0.2, 0) is 36.9 Å². The highest BCUT2D eigenvalue weighted by Crippen LogP contribution is 2.41. The lowest BCUT2D eigenvalue weighted by atomic mass is 10.1. The van der Waals surface area contributed by atoms with Gasteiger partial charge in [-0.1, -0.05) is 60.7 Å². The van der Waals surface area contributed by atoms with Gasteiger partial charge >= 0.3 is 0 Å². The molecule has 6 heteroatoms. The van der Waals surface area contributed by atoms with Gasteiger partial charge in [-0.15, -0.1) is 9.24 Å². The molecule has 1 unspecified atom stereocenters. The highest BCUT2D eigenvalue weighted by atomic mass is 31.0. The Labute approximate surface area is 174 Å². The molecule has 2 aliphatic heterocycles. The normalized spacial score (nSPS) is 28.9. The van der Waals surface area contributed by atoms with Gasteiger partial charge in [0.15, 0.2) is 12.1 Å². The first-order chi connectivity index (χ1) is 14.0. The average molecular weight is 416 g/mol. The van der Waals surface area contributed by atoms with Crippen LogP contribution in [0.1, 0.15) is 25.0 Å². The van der Waals surface area contributed by atoms with E-state index in [1.54, 1.807) is 0 Å². The van der Waals surface area contributed by atoms with Gasteiger partial charge < -0.3 is 23.7 Å². The Morgan fingerprint density at radius 1 is 0.931 bits per heavy atom. The van der Waals surface area contributed by atoms with E-state index in [9.17, 15) is 0 Å². The van der Waals surface area contributed by atoms with Gasteiger partial charge in [-0.3, -0.25) is 0 Å². The molecule has 2 saturated heterocycles. The number of hydrogen-bond donors (Lipinski definition) is 0. The quantitative estimate of drug-likeness (QED) is 0.611. The van der Waals surface area contributed by atoms with Crippen LogP contribution in [0.3, 0.4) is 0 Å². The standard InChI is InChI=1S/C23H29O5P/c1-23(2)27-21-20(25-14-17-11-7-4-8-12-17)19(26-22(21)28-23)18(29)15-24-13-16-9-5-3-6-10-16/h3-12,18-22H,13-15,29H2,1-2H3/t18-,19-,20-,21+,22+/m0/s1. The van der Waals surface area contributed by atoms with Gasteiger partial charge in [0.05, 0.1) is 25.9 Å². The van der Waals surface area contributed by atoms with Crippen LogP contribution in [0.5, 0.6) is 0 Å². The van der Waals surface area contributed by atoms with Crippen molar-refractivity contribution >= 4 is 9.24 Å². The third-order valence-electron chi connectivity index (χ3n) is 5.16. The molecule has 0 N–H and O–H groups in total. The predicted octanol–water partition coefficient (Wildman–Crippen LogP) is 3.91. The maximum Gasteiger partial charge on any atom is 0.190 e. The summed E-state index contributed by atoms with van der Waals surface area (Å²) in [6.45, 7) is 5.41. The second-order valence-corrected chi connectivity index (χ2v) is 8.85. The van der Waals surface area contributed by atoms with Gasteiger partial charge in [0.25, 0.3) is 0 Å². The number of ether oxygens (including phenoxy) is 5. The van der Waals surface area contributed by atoms with E-state index in [0.717, 1.165) is 11.1 Å². The molecule has 4 rings (SSSR count). The highest BCUT2D eigenvalue weighted by molar-refractivity contribution is 7.17. The molecule has 156 valence electrons. The van der Waals surface area contributed by atoms with E-state index in [1.807, 2.05) is 50.2 Å². The third kappa shape index (κ3) is 5.24. The Kier molecular flexibility index (Phi) is 6.65. The van der Waals surface area contributed by atoms with E-state index in [4.69, 9.17) is 23.7 Å². The van der Waals surface area contributed by atoms with Crippen LogP contribution in [-0.4, -0.2) is 42.7 Å². The smallest absolute Gasteiger partial charge is 0.190 e. The van der Waals surface area contributed by atoms with Crippen LogP contribution in [0.25, 0.3) is 0 Å². The summed E-state index contributed by atoms with van der Waals surface area (Å²) in [5.41, 5.74) is 2.33. The van der Waals surface area contributed by atoms with Crippen LogP contribution in [0, 0.1) is 0 Å². The van der Waals surface area contributed by atoms with Gasteiger partial charge in [-0.2, -0.15) is 0 Å². The van der Waals surface area contributed by atoms with Crippen molar-refractivity contribution in [2.45, 2.75) is 63.1 Å². The third-order valence-corrected chi connectivity index (χ3v) is 5.73. The molecule has 6 atom stereocenters. The maximum absolute atomic E-state index is 6.30. The van der Waals surface area contributed by atoms with E-state index < -0.39 is 12.1 Å². The zero-order valence-corrected chi connectivity index (χ0v) is 18.1. The predicted molar refractivity (Wildman–Crippen MR) is 113 cm³/mol. The largest absolute Gasteiger partial charge is 0.376 e. The summed E-state index contributed by atoms with van der Waals surface area (Å²) < 4.78 is 30.5. The molecule has 0 aliphatic carbocycles. The van der Waals surface area contributed by atoms with Gasteiger partial charge in [-0.25, -0.2) is 0 Å². The Bertz CT molecular complexity index is 769. The molecule has 0 spiro atoms. The van der Waals surface area contributed by atoms with Crippen molar-refractivity contribution in [1.82, 2.24) is 0 Å². The number of benzene rings is 2. The number of fused-ring (bicyclic) bond motifs is 1. The Balaban J connectivity index is 1.38. The second kappa shape index (κ2) is 9.22. The van der Waals surface area contributed by atoms with Crippen molar-refractivity contribution < 1.29 is 23.7 Å². The molecule has 29 heavy (non-hydrogen) atoms. The lowest BCUT2D eigenvalue weighted by Gasteiger charge is -2.29. The second-order valence-electron chi connectivity index (χ2n) is 8.00. The highest BCUT2D eigenvalue weighted by Gasteiger charge is 2.56. The average Bonchev–Trinajstić information content (AvgIpc) is 3.19. The maximum atomic E-state index is 6.30. The SMILES string of the molecule is CC1(C)O[C@H]2O[C@@H]([C@@H](P)COCc3ccccc3)[C@H](OCc3ccccc3)[C@H]2O1. The molecular weight excluding hydrogens is 387 g/mol. The summed E-state index contributed by atoms with van der Waals surface area (Å²) in [5, 5.41) is 0. The monoisotopic (exact) mass is 416 g/mol. The lowest BCUT2D eigenvalue weighted by molar-refractivity contribution is -0.220. The minimum Gasteiger partial charge on any atom is -0.376 e. The fraction of sp³-hybridized carbons (Fsp3) is 0.478. The molecule has 5 nitrogen and oxygen atoms in total. The summed E-state index contributed by atoms with van der Waals surface area (Å²) in [5.74, 6) is -0.672. The van der Waals surface area contributed by atoms with Crippen molar-refractivity contribution in [3.63, 3.8) is 0 Å². The minimum absolute atomic E-state index is 0.0559. The van der Waals surface area contributed by atoms with E-state index >= 15 is 0 Å². The molecule has 2 aromatic rings. The molecule has 0 radical (unpaired) electrons. The van der Waals surface area contributed by atoms with E-state index in [0.29, 0.717) is 19.8 Å². The van der Waals surface area contributed by atoms with Crippen molar-refractivity contribution in [3.8, 4) is 0 Å². The first-order valence-electron chi connectivity index (χ1n) is 10.1. The summed E-state index contributed by atoms with van der Waals surface area (Å²) in [7, 11) is 2.84. The number of rotatable bonds is 8. The summed E-state index contributed by atoms with van der Waals surface area (Å²) in [6.07, 6.45) is -1.10. The van der Waals surface area contributed by atoms with Crippen LogP contribution in [0.4, 0.5) is 0 Å².